The Morgan fingerprint density at radius 2 is 2.58 bits per heavy atom. The molecule has 0 aromatic heterocycles. The molecule has 4 heteroatoms. The second-order valence-corrected chi connectivity index (χ2v) is 3.40. The first-order valence-corrected chi connectivity index (χ1v) is 4.33. The van der Waals surface area contributed by atoms with Gasteiger partial charge in [0.2, 0.25) is 5.91 Å². The Morgan fingerprint density at radius 1 is 1.83 bits per heavy atom. The van der Waals surface area contributed by atoms with E-state index in [9.17, 15) is 4.79 Å². The lowest BCUT2D eigenvalue weighted by molar-refractivity contribution is -0.119. The van der Waals surface area contributed by atoms with Crippen LogP contribution < -0.4 is 10.6 Å². The lowest BCUT2D eigenvalue weighted by atomic mass is 10.2. The van der Waals surface area contributed by atoms with E-state index in [1.54, 1.807) is 0 Å². The van der Waals surface area contributed by atoms with Gasteiger partial charge >= 0.3 is 0 Å². The van der Waals surface area contributed by atoms with Crippen molar-refractivity contribution in [2.45, 2.75) is 19.4 Å². The fraction of sp³-hybridized carbons (Fsp3) is 0.875. The average Bonchev–Trinajstić information content (AvgIpc) is 2.47. The van der Waals surface area contributed by atoms with Gasteiger partial charge in [-0.1, -0.05) is 6.92 Å². The summed E-state index contributed by atoms with van der Waals surface area (Å²) >= 11 is 0. The molecule has 0 bridgehead atoms. The molecule has 1 saturated heterocycles. The third-order valence-corrected chi connectivity index (χ3v) is 2.04. The molecule has 3 N–H and O–H groups in total. The molecule has 12 heavy (non-hydrogen) atoms. The Labute approximate surface area is 72.3 Å². The fourth-order valence-electron chi connectivity index (χ4n) is 1.18. The zero-order valence-corrected chi connectivity index (χ0v) is 7.34. The first kappa shape index (κ1) is 9.48. The van der Waals surface area contributed by atoms with E-state index < -0.39 is 0 Å². The third kappa shape index (κ3) is 2.79. The molecule has 1 aliphatic heterocycles. The topological polar surface area (TPSA) is 61.4 Å². The van der Waals surface area contributed by atoms with E-state index in [0.717, 1.165) is 13.1 Å². The first-order valence-electron chi connectivity index (χ1n) is 4.33. The van der Waals surface area contributed by atoms with E-state index >= 15 is 0 Å². The number of hydrogen-bond donors (Lipinski definition) is 3. The van der Waals surface area contributed by atoms with Crippen LogP contribution >= 0.6 is 0 Å². The number of rotatable bonds is 4. The van der Waals surface area contributed by atoms with Crippen molar-refractivity contribution >= 4 is 5.91 Å². The lowest BCUT2D eigenvalue weighted by Gasteiger charge is -2.13. The SMILES string of the molecule is CC(CO)CNC1CNC(=O)C1. The molecule has 1 heterocycles. The molecule has 0 saturated carbocycles. The molecule has 2 unspecified atom stereocenters. The van der Waals surface area contributed by atoms with E-state index in [4.69, 9.17) is 5.11 Å². The number of hydrogen-bond acceptors (Lipinski definition) is 3. The standard InChI is InChI=1S/C8H16N2O2/c1-6(5-11)3-9-7-2-8(12)10-4-7/h6-7,9,11H,2-5H2,1H3,(H,10,12). The van der Waals surface area contributed by atoms with Crippen molar-refractivity contribution in [3.8, 4) is 0 Å². The van der Waals surface area contributed by atoms with Crippen LogP contribution in [-0.2, 0) is 4.79 Å². The molecule has 0 aromatic rings. The van der Waals surface area contributed by atoms with Gasteiger partial charge < -0.3 is 15.7 Å². The van der Waals surface area contributed by atoms with Crippen LogP contribution in [0.15, 0.2) is 0 Å². The van der Waals surface area contributed by atoms with Crippen LogP contribution in [0.3, 0.4) is 0 Å². The zero-order valence-electron chi connectivity index (χ0n) is 7.34. The number of carbonyl (C=O) groups is 1. The second-order valence-electron chi connectivity index (χ2n) is 3.40. The summed E-state index contributed by atoms with van der Waals surface area (Å²) in [5.74, 6) is 0.379. The Morgan fingerprint density at radius 3 is 3.08 bits per heavy atom. The van der Waals surface area contributed by atoms with Crippen LogP contribution in [0.1, 0.15) is 13.3 Å². The molecule has 2 atom stereocenters. The Balaban J connectivity index is 2.11. The van der Waals surface area contributed by atoms with Gasteiger partial charge in [0.15, 0.2) is 0 Å². The molecule has 1 aliphatic rings. The largest absolute Gasteiger partial charge is 0.396 e. The molecule has 70 valence electrons. The van der Waals surface area contributed by atoms with Gasteiger partial charge in [-0.15, -0.1) is 0 Å². The van der Waals surface area contributed by atoms with Crippen molar-refractivity contribution in [1.29, 1.82) is 0 Å². The average molecular weight is 172 g/mol. The summed E-state index contributed by atoms with van der Waals surface area (Å²) < 4.78 is 0. The zero-order chi connectivity index (χ0) is 8.97. The maximum absolute atomic E-state index is 10.8. The summed E-state index contributed by atoms with van der Waals surface area (Å²) in [5, 5.41) is 14.7. The van der Waals surface area contributed by atoms with Gasteiger partial charge in [-0.3, -0.25) is 4.79 Å². The van der Waals surface area contributed by atoms with E-state index in [1.165, 1.54) is 0 Å². The minimum atomic E-state index is 0.115. The predicted octanol–water partition coefficient (Wildman–Crippen LogP) is -0.907. The third-order valence-electron chi connectivity index (χ3n) is 2.04. The van der Waals surface area contributed by atoms with E-state index in [-0.39, 0.29) is 24.5 Å². The summed E-state index contributed by atoms with van der Waals surface area (Å²) in [5.41, 5.74) is 0. The Kier molecular flexibility index (Phi) is 3.49. The van der Waals surface area contributed by atoms with Crippen molar-refractivity contribution in [3.05, 3.63) is 0 Å². The van der Waals surface area contributed by atoms with Gasteiger partial charge in [-0.05, 0) is 5.92 Å². The number of nitrogens with one attached hydrogen (secondary N) is 2. The molecule has 0 aromatic carbocycles. The molecule has 0 aliphatic carbocycles. The quantitative estimate of drug-likeness (QED) is 0.514. The van der Waals surface area contributed by atoms with Gasteiger partial charge in [-0.25, -0.2) is 0 Å². The number of aliphatic hydroxyl groups excluding tert-OH is 1. The van der Waals surface area contributed by atoms with Gasteiger partial charge in [0.1, 0.15) is 0 Å². The highest BCUT2D eigenvalue weighted by atomic mass is 16.3. The maximum atomic E-state index is 10.8. The highest BCUT2D eigenvalue weighted by Gasteiger charge is 2.20. The smallest absolute Gasteiger partial charge is 0.221 e. The van der Waals surface area contributed by atoms with Crippen LogP contribution in [0.25, 0.3) is 0 Å². The molecule has 1 rings (SSSR count). The van der Waals surface area contributed by atoms with Crippen molar-refractivity contribution in [2.75, 3.05) is 19.7 Å². The Bertz CT molecular complexity index is 161. The molecule has 0 radical (unpaired) electrons. The molecular weight excluding hydrogens is 156 g/mol. The van der Waals surface area contributed by atoms with Crippen LogP contribution in [0.4, 0.5) is 0 Å². The van der Waals surface area contributed by atoms with Crippen molar-refractivity contribution in [3.63, 3.8) is 0 Å². The minimum absolute atomic E-state index is 0.115. The molecule has 4 nitrogen and oxygen atoms in total. The van der Waals surface area contributed by atoms with Crippen molar-refractivity contribution in [2.24, 2.45) is 5.92 Å². The summed E-state index contributed by atoms with van der Waals surface area (Å²) in [7, 11) is 0. The maximum Gasteiger partial charge on any atom is 0.221 e. The van der Waals surface area contributed by atoms with Gasteiger partial charge in [0.25, 0.3) is 0 Å². The lowest BCUT2D eigenvalue weighted by Crippen LogP contribution is -2.35. The van der Waals surface area contributed by atoms with Crippen LogP contribution in [0, 0.1) is 5.92 Å². The molecule has 1 amide bonds. The van der Waals surface area contributed by atoms with Gasteiger partial charge in [-0.2, -0.15) is 0 Å². The fourth-order valence-corrected chi connectivity index (χ4v) is 1.18. The van der Waals surface area contributed by atoms with Crippen molar-refractivity contribution in [1.82, 2.24) is 10.6 Å². The van der Waals surface area contributed by atoms with Crippen molar-refractivity contribution < 1.29 is 9.90 Å². The van der Waals surface area contributed by atoms with Crippen LogP contribution in [0.2, 0.25) is 0 Å². The van der Waals surface area contributed by atoms with Gasteiger partial charge in [0, 0.05) is 32.2 Å². The first-order chi connectivity index (χ1) is 5.72. The molecule has 1 fully saturated rings. The second kappa shape index (κ2) is 4.42. The number of carbonyl (C=O) groups excluding carboxylic acids is 1. The van der Waals surface area contributed by atoms with Crippen LogP contribution in [-0.4, -0.2) is 36.8 Å². The molecular formula is C8H16N2O2. The van der Waals surface area contributed by atoms with Crippen LogP contribution in [0.5, 0.6) is 0 Å². The summed E-state index contributed by atoms with van der Waals surface area (Å²) in [6.07, 6.45) is 0.568. The minimum Gasteiger partial charge on any atom is -0.396 e. The highest BCUT2D eigenvalue weighted by molar-refractivity contribution is 5.78. The van der Waals surface area contributed by atoms with E-state index in [0.29, 0.717) is 6.42 Å². The monoisotopic (exact) mass is 172 g/mol. The Hall–Kier alpha value is -0.610. The van der Waals surface area contributed by atoms with E-state index in [1.807, 2.05) is 6.92 Å². The number of amides is 1. The molecule has 0 spiro atoms. The van der Waals surface area contributed by atoms with E-state index in [2.05, 4.69) is 10.6 Å². The normalized spacial score (nSPS) is 25.5. The summed E-state index contributed by atoms with van der Waals surface area (Å²) in [4.78, 5) is 10.8. The highest BCUT2D eigenvalue weighted by Crippen LogP contribution is 2.00. The summed E-state index contributed by atoms with van der Waals surface area (Å²) in [6, 6.07) is 0.256. The predicted molar refractivity (Wildman–Crippen MR) is 45.7 cm³/mol. The number of aliphatic hydroxyl groups is 1. The summed E-state index contributed by atoms with van der Waals surface area (Å²) in [6.45, 7) is 3.66. The van der Waals surface area contributed by atoms with Gasteiger partial charge in [0.05, 0.1) is 0 Å².